The summed E-state index contributed by atoms with van der Waals surface area (Å²) in [5.41, 5.74) is 0. The SMILES string of the molecule is O=C(CS(=O)c1ccc2sc3ccccc3c2c1)N1CCNCC1. The minimum Gasteiger partial charge on any atom is -0.339 e. The van der Waals surface area contributed by atoms with Crippen molar-refractivity contribution in [2.75, 3.05) is 31.9 Å². The van der Waals surface area contributed by atoms with E-state index in [1.54, 1.807) is 16.2 Å². The van der Waals surface area contributed by atoms with Crippen LogP contribution in [0.15, 0.2) is 47.4 Å². The molecule has 0 spiro atoms. The maximum Gasteiger partial charge on any atom is 0.235 e. The van der Waals surface area contributed by atoms with Crippen molar-refractivity contribution < 1.29 is 9.00 Å². The number of fused-ring (bicyclic) bond motifs is 3. The minimum absolute atomic E-state index is 0.0230. The van der Waals surface area contributed by atoms with Gasteiger partial charge in [-0.15, -0.1) is 11.3 Å². The van der Waals surface area contributed by atoms with Gasteiger partial charge in [0.25, 0.3) is 0 Å². The van der Waals surface area contributed by atoms with Crippen LogP contribution >= 0.6 is 11.3 Å². The van der Waals surface area contributed by atoms with Gasteiger partial charge in [0, 0.05) is 51.2 Å². The second-order valence-corrected chi connectivity index (χ2v) is 8.41. The minimum atomic E-state index is -1.31. The summed E-state index contributed by atoms with van der Waals surface area (Å²) in [7, 11) is -1.31. The molecule has 124 valence electrons. The van der Waals surface area contributed by atoms with Gasteiger partial charge in [-0.25, -0.2) is 0 Å². The number of hydrogen-bond acceptors (Lipinski definition) is 4. The number of nitrogens with one attached hydrogen (secondary N) is 1. The van der Waals surface area contributed by atoms with Crippen LogP contribution in [0.3, 0.4) is 0 Å². The molecule has 2 aromatic carbocycles. The van der Waals surface area contributed by atoms with E-state index in [4.69, 9.17) is 0 Å². The highest BCUT2D eigenvalue weighted by molar-refractivity contribution is 7.85. The Balaban J connectivity index is 1.59. The lowest BCUT2D eigenvalue weighted by molar-refractivity contribution is -0.128. The van der Waals surface area contributed by atoms with Crippen molar-refractivity contribution in [1.82, 2.24) is 10.2 Å². The number of rotatable bonds is 3. The highest BCUT2D eigenvalue weighted by Gasteiger charge is 2.19. The van der Waals surface area contributed by atoms with Crippen molar-refractivity contribution in [1.29, 1.82) is 0 Å². The first-order valence-electron chi connectivity index (χ1n) is 8.00. The topological polar surface area (TPSA) is 49.4 Å². The number of carbonyl (C=O) groups excluding carboxylic acids is 1. The van der Waals surface area contributed by atoms with E-state index in [0.29, 0.717) is 13.1 Å². The molecule has 0 radical (unpaired) electrons. The van der Waals surface area contributed by atoms with Crippen molar-refractivity contribution in [3.05, 3.63) is 42.5 Å². The first-order chi connectivity index (χ1) is 11.7. The van der Waals surface area contributed by atoms with Crippen LogP contribution in [0.4, 0.5) is 0 Å². The van der Waals surface area contributed by atoms with Crippen LogP contribution in [0.2, 0.25) is 0 Å². The third-order valence-corrected chi connectivity index (χ3v) is 6.78. The molecule has 1 atom stereocenters. The van der Waals surface area contributed by atoms with Crippen LogP contribution < -0.4 is 5.32 Å². The average Bonchev–Trinajstić information content (AvgIpc) is 3.00. The molecule has 2 heterocycles. The molecule has 1 aliphatic rings. The molecule has 24 heavy (non-hydrogen) atoms. The Kier molecular flexibility index (Phi) is 4.35. The van der Waals surface area contributed by atoms with E-state index < -0.39 is 10.8 Å². The number of thiophene rings is 1. The van der Waals surface area contributed by atoms with Crippen molar-refractivity contribution in [3.8, 4) is 0 Å². The Labute approximate surface area is 146 Å². The predicted molar refractivity (Wildman–Crippen MR) is 100 cm³/mol. The summed E-state index contributed by atoms with van der Waals surface area (Å²) in [5, 5.41) is 5.53. The van der Waals surface area contributed by atoms with E-state index in [2.05, 4.69) is 17.4 Å². The molecule has 4 nitrogen and oxygen atoms in total. The van der Waals surface area contributed by atoms with Gasteiger partial charge in [-0.3, -0.25) is 9.00 Å². The second-order valence-electron chi connectivity index (χ2n) is 5.88. The largest absolute Gasteiger partial charge is 0.339 e. The van der Waals surface area contributed by atoms with Crippen molar-refractivity contribution in [3.63, 3.8) is 0 Å². The Morgan fingerprint density at radius 2 is 1.83 bits per heavy atom. The molecular weight excluding hydrogens is 340 g/mol. The molecule has 1 unspecified atom stereocenters. The number of piperazine rings is 1. The lowest BCUT2D eigenvalue weighted by Gasteiger charge is -2.27. The van der Waals surface area contributed by atoms with Gasteiger partial charge in [0.2, 0.25) is 5.91 Å². The molecule has 0 bridgehead atoms. The molecular formula is C18H18N2O2S2. The smallest absolute Gasteiger partial charge is 0.235 e. The average molecular weight is 358 g/mol. The third-order valence-electron chi connectivity index (χ3n) is 4.34. The molecule has 1 saturated heterocycles. The van der Waals surface area contributed by atoms with E-state index in [1.807, 2.05) is 30.3 Å². The standard InChI is InChI=1S/C18H18N2O2S2/c21-18(20-9-7-19-8-10-20)12-24(22)13-5-6-17-15(11-13)14-3-1-2-4-16(14)23-17/h1-6,11,19H,7-10,12H2. The maximum absolute atomic E-state index is 12.7. The molecule has 1 amide bonds. The van der Waals surface area contributed by atoms with Gasteiger partial charge in [-0.1, -0.05) is 18.2 Å². The molecule has 1 aromatic heterocycles. The number of benzene rings is 2. The van der Waals surface area contributed by atoms with Crippen molar-refractivity contribution in [2.45, 2.75) is 4.90 Å². The molecule has 1 aliphatic heterocycles. The molecule has 1 fully saturated rings. The van der Waals surface area contributed by atoms with E-state index in [1.165, 1.54) is 14.8 Å². The molecule has 4 rings (SSSR count). The van der Waals surface area contributed by atoms with Gasteiger partial charge in [0.1, 0.15) is 5.75 Å². The van der Waals surface area contributed by atoms with E-state index >= 15 is 0 Å². The quantitative estimate of drug-likeness (QED) is 0.783. The Hall–Kier alpha value is -1.76. The van der Waals surface area contributed by atoms with Gasteiger partial charge in [-0.2, -0.15) is 0 Å². The molecule has 6 heteroatoms. The summed E-state index contributed by atoms with van der Waals surface area (Å²) in [4.78, 5) is 14.8. The number of hydrogen-bond donors (Lipinski definition) is 1. The Morgan fingerprint density at radius 3 is 2.67 bits per heavy atom. The van der Waals surface area contributed by atoms with Crippen LogP contribution in [0.1, 0.15) is 0 Å². The van der Waals surface area contributed by atoms with Crippen LogP contribution in [-0.2, 0) is 15.6 Å². The number of carbonyl (C=O) groups is 1. The summed E-state index contributed by atoms with van der Waals surface area (Å²) >= 11 is 1.74. The molecule has 0 saturated carbocycles. The fraction of sp³-hybridized carbons (Fsp3) is 0.278. The lowest BCUT2D eigenvalue weighted by atomic mass is 10.1. The van der Waals surface area contributed by atoms with Crippen LogP contribution in [-0.4, -0.2) is 46.9 Å². The van der Waals surface area contributed by atoms with Crippen LogP contribution in [0, 0.1) is 0 Å². The molecule has 1 N–H and O–H groups in total. The lowest BCUT2D eigenvalue weighted by Crippen LogP contribution is -2.47. The normalized spacial score (nSPS) is 16.6. The number of nitrogens with zero attached hydrogens (tertiary/aromatic N) is 1. The van der Waals surface area contributed by atoms with E-state index in [-0.39, 0.29) is 11.7 Å². The summed E-state index contributed by atoms with van der Waals surface area (Å²) in [6.07, 6.45) is 0. The zero-order chi connectivity index (χ0) is 16.5. The zero-order valence-corrected chi connectivity index (χ0v) is 14.8. The van der Waals surface area contributed by atoms with Crippen molar-refractivity contribution in [2.24, 2.45) is 0 Å². The van der Waals surface area contributed by atoms with Gasteiger partial charge < -0.3 is 10.2 Å². The first kappa shape index (κ1) is 15.7. The third kappa shape index (κ3) is 2.97. The second kappa shape index (κ2) is 6.63. The summed E-state index contributed by atoms with van der Waals surface area (Å²) in [6, 6.07) is 14.1. The van der Waals surface area contributed by atoms with E-state index in [0.717, 1.165) is 23.4 Å². The van der Waals surface area contributed by atoms with Gasteiger partial charge >= 0.3 is 0 Å². The van der Waals surface area contributed by atoms with E-state index in [9.17, 15) is 9.00 Å². The maximum atomic E-state index is 12.7. The predicted octanol–water partition coefficient (Wildman–Crippen LogP) is 2.59. The van der Waals surface area contributed by atoms with Gasteiger partial charge in [-0.05, 0) is 24.3 Å². The highest BCUT2D eigenvalue weighted by Crippen LogP contribution is 2.34. The Bertz CT molecular complexity index is 929. The Morgan fingerprint density at radius 1 is 1.08 bits per heavy atom. The monoisotopic (exact) mass is 358 g/mol. The fourth-order valence-corrected chi connectivity index (χ4v) is 5.18. The fourth-order valence-electron chi connectivity index (χ4n) is 3.05. The van der Waals surface area contributed by atoms with Crippen LogP contribution in [0.25, 0.3) is 20.2 Å². The van der Waals surface area contributed by atoms with Crippen molar-refractivity contribution >= 4 is 48.2 Å². The molecule has 0 aliphatic carbocycles. The highest BCUT2D eigenvalue weighted by atomic mass is 32.2. The molecule has 3 aromatic rings. The first-order valence-corrected chi connectivity index (χ1v) is 10.1. The van der Waals surface area contributed by atoms with Crippen LogP contribution in [0.5, 0.6) is 0 Å². The summed E-state index contributed by atoms with van der Waals surface area (Å²) in [5.74, 6) is 0.0400. The number of amides is 1. The zero-order valence-electron chi connectivity index (χ0n) is 13.2. The van der Waals surface area contributed by atoms with Gasteiger partial charge in [0.05, 0.1) is 10.8 Å². The van der Waals surface area contributed by atoms with Gasteiger partial charge in [0.15, 0.2) is 0 Å². The summed E-state index contributed by atoms with van der Waals surface area (Å²) in [6.45, 7) is 3.02. The summed E-state index contributed by atoms with van der Waals surface area (Å²) < 4.78 is 15.1.